The van der Waals surface area contributed by atoms with Crippen LogP contribution >= 0.6 is 0 Å². The van der Waals surface area contributed by atoms with Crippen LogP contribution in [0.1, 0.15) is 6.92 Å². The van der Waals surface area contributed by atoms with Crippen molar-refractivity contribution in [3.8, 4) is 0 Å². The number of nitrogens with zero attached hydrogens (tertiary/aromatic N) is 1. The molecule has 1 N–H and O–H groups in total. The Hall–Kier alpha value is 0.524. The summed E-state index contributed by atoms with van der Waals surface area (Å²) in [6.45, 7) is 1.93. The SMILES string of the molecule is CCO.O=[N+]([O-])[O-].[Pr]. The fraction of sp³-hybridized carbons (Fsp3) is 1.00. The van der Waals surface area contributed by atoms with E-state index in [9.17, 15) is 0 Å². The van der Waals surface area contributed by atoms with E-state index in [0.717, 1.165) is 0 Å². The Balaban J connectivity index is -0.0000000575. The van der Waals surface area contributed by atoms with Gasteiger partial charge in [-0.1, -0.05) is 0 Å². The second-order valence-electron chi connectivity index (χ2n) is 0.540. The Morgan fingerprint density at radius 1 is 1.62 bits per heavy atom. The molecule has 1 radical (unpaired) electrons. The summed E-state index contributed by atoms with van der Waals surface area (Å²) in [4.78, 5) is 8.25. The van der Waals surface area contributed by atoms with E-state index in [4.69, 9.17) is 20.4 Å². The third-order valence-electron chi connectivity index (χ3n) is 0. The quantitative estimate of drug-likeness (QED) is 0.474. The summed E-state index contributed by atoms with van der Waals surface area (Å²) in [7, 11) is 0. The maximum atomic E-state index is 8.25. The maximum Gasteiger partial charge on any atom is 0.0689 e. The van der Waals surface area contributed by atoms with Gasteiger partial charge >= 0.3 is 0 Å². The van der Waals surface area contributed by atoms with Crippen molar-refractivity contribution in [2.75, 3.05) is 6.61 Å². The Labute approximate surface area is 79.8 Å². The Morgan fingerprint density at radius 3 is 1.62 bits per heavy atom. The molecule has 0 aromatic heterocycles. The molecule has 8 heavy (non-hydrogen) atoms. The summed E-state index contributed by atoms with van der Waals surface area (Å²) in [5.74, 6) is 0. The second-order valence-corrected chi connectivity index (χ2v) is 0.540. The Bertz CT molecular complexity index is 45.3. The molecule has 0 aliphatic rings. The molecule has 0 amide bonds. The van der Waals surface area contributed by atoms with Gasteiger partial charge in [0.25, 0.3) is 0 Å². The van der Waals surface area contributed by atoms with Gasteiger partial charge in [-0.3, -0.25) is 0 Å². The van der Waals surface area contributed by atoms with E-state index in [1.807, 2.05) is 0 Å². The first-order valence-corrected chi connectivity index (χ1v) is 1.57. The normalized spacial score (nSPS) is 5.25. The molecule has 0 atom stereocenters. The van der Waals surface area contributed by atoms with E-state index in [2.05, 4.69) is 0 Å². The van der Waals surface area contributed by atoms with Crippen LogP contribution in [0.2, 0.25) is 0 Å². The van der Waals surface area contributed by atoms with Crippen molar-refractivity contribution in [3.05, 3.63) is 15.3 Å². The van der Waals surface area contributed by atoms with Gasteiger partial charge in [0.05, 0.1) is 5.09 Å². The van der Waals surface area contributed by atoms with Crippen LogP contribution in [0.3, 0.4) is 0 Å². The molecular formula is C2H6NO4Pr-. The predicted molar refractivity (Wildman–Crippen MR) is 23.1 cm³/mol. The zero-order chi connectivity index (χ0) is 6.28. The first-order chi connectivity index (χ1) is 3.15. The first kappa shape index (κ1) is 15.8. The van der Waals surface area contributed by atoms with E-state index in [-0.39, 0.29) is 47.9 Å². The molecule has 0 unspecified atom stereocenters. The van der Waals surface area contributed by atoms with Crippen LogP contribution in [-0.2, 0) is 0 Å². The number of hydrogen-bond acceptors (Lipinski definition) is 4. The molecule has 0 bridgehead atoms. The van der Waals surface area contributed by atoms with Gasteiger partial charge in [0, 0.05) is 47.9 Å². The minimum Gasteiger partial charge on any atom is -0.397 e. The maximum absolute atomic E-state index is 8.25. The van der Waals surface area contributed by atoms with Crippen molar-refractivity contribution >= 4 is 0 Å². The molecule has 0 heterocycles. The van der Waals surface area contributed by atoms with Crippen LogP contribution in [-0.4, -0.2) is 16.8 Å². The van der Waals surface area contributed by atoms with Crippen molar-refractivity contribution in [2.24, 2.45) is 0 Å². The molecule has 0 saturated heterocycles. The van der Waals surface area contributed by atoms with Gasteiger partial charge in [-0.25, -0.2) is 0 Å². The van der Waals surface area contributed by atoms with E-state index >= 15 is 0 Å². The van der Waals surface area contributed by atoms with Crippen LogP contribution in [0.4, 0.5) is 0 Å². The average Bonchev–Trinajstić information content (AvgIpc) is 1.33. The van der Waals surface area contributed by atoms with Crippen molar-refractivity contribution in [1.29, 1.82) is 0 Å². The molecule has 0 aliphatic heterocycles. The largest absolute Gasteiger partial charge is 0.397 e. The number of hydrogen-bond donors (Lipinski definition) is 1. The zero-order valence-corrected chi connectivity index (χ0v) is 8.11. The Kier molecular flexibility index (Phi) is 30.9. The van der Waals surface area contributed by atoms with Gasteiger partial charge in [0.2, 0.25) is 0 Å². The van der Waals surface area contributed by atoms with Crippen LogP contribution in [0.5, 0.6) is 0 Å². The van der Waals surface area contributed by atoms with Gasteiger partial charge < -0.3 is 20.4 Å². The average molecular weight is 249 g/mol. The molecule has 47 valence electrons. The van der Waals surface area contributed by atoms with E-state index in [1.54, 1.807) is 6.92 Å². The van der Waals surface area contributed by atoms with E-state index < -0.39 is 5.09 Å². The molecule has 0 aromatic rings. The summed E-state index contributed by atoms with van der Waals surface area (Å²) in [6.07, 6.45) is 0. The number of rotatable bonds is 0. The fourth-order valence-corrected chi connectivity index (χ4v) is 0. The molecule has 0 saturated carbocycles. The monoisotopic (exact) mass is 249 g/mol. The van der Waals surface area contributed by atoms with Crippen LogP contribution in [0.15, 0.2) is 0 Å². The summed E-state index contributed by atoms with van der Waals surface area (Å²) < 4.78 is 0. The molecule has 0 rings (SSSR count). The van der Waals surface area contributed by atoms with E-state index in [1.165, 1.54) is 0 Å². The van der Waals surface area contributed by atoms with Gasteiger partial charge in [0.15, 0.2) is 0 Å². The van der Waals surface area contributed by atoms with E-state index in [0.29, 0.717) is 0 Å². The van der Waals surface area contributed by atoms with Gasteiger partial charge in [0.1, 0.15) is 0 Å². The zero-order valence-electron chi connectivity index (χ0n) is 4.40. The topological polar surface area (TPSA) is 86.4 Å². The Morgan fingerprint density at radius 2 is 1.62 bits per heavy atom. The summed E-state index contributed by atoms with van der Waals surface area (Å²) >= 11 is 0. The van der Waals surface area contributed by atoms with Crippen molar-refractivity contribution in [3.63, 3.8) is 0 Å². The van der Waals surface area contributed by atoms with Gasteiger partial charge in [-0.05, 0) is 6.92 Å². The molecule has 0 aromatic carbocycles. The van der Waals surface area contributed by atoms with Crippen LogP contribution < -0.4 is 0 Å². The van der Waals surface area contributed by atoms with Crippen LogP contribution in [0.25, 0.3) is 0 Å². The third-order valence-corrected chi connectivity index (χ3v) is 0. The molecular weight excluding hydrogens is 243 g/mol. The third kappa shape index (κ3) is 726. The molecule has 5 nitrogen and oxygen atoms in total. The van der Waals surface area contributed by atoms with Crippen LogP contribution in [0, 0.1) is 56.6 Å². The minimum atomic E-state index is -1.75. The molecule has 0 aliphatic carbocycles. The smallest absolute Gasteiger partial charge is 0.0689 e. The van der Waals surface area contributed by atoms with Gasteiger partial charge in [-0.15, -0.1) is 0 Å². The molecule has 6 heteroatoms. The molecule has 0 fully saturated rings. The second kappa shape index (κ2) is 15.6. The predicted octanol–water partition coefficient (Wildman–Crippen LogP) is -0.241. The minimum absolute atomic E-state index is 0. The summed E-state index contributed by atoms with van der Waals surface area (Å²) in [5.41, 5.74) is 0. The van der Waals surface area contributed by atoms with Crippen molar-refractivity contribution in [1.82, 2.24) is 0 Å². The standard InChI is InChI=1S/C2H6O.NO3.Pr/c1-2-3;2-1(3)4;/h3H,2H2,1H3;;/q;-1;. The summed E-state index contributed by atoms with van der Waals surface area (Å²) in [6, 6.07) is 0. The van der Waals surface area contributed by atoms with Gasteiger partial charge in [-0.2, -0.15) is 0 Å². The van der Waals surface area contributed by atoms with Crippen molar-refractivity contribution in [2.45, 2.75) is 6.92 Å². The first-order valence-electron chi connectivity index (χ1n) is 1.57. The number of aliphatic hydroxyl groups is 1. The van der Waals surface area contributed by atoms with Crippen molar-refractivity contribution < 1.29 is 51.5 Å². The number of aliphatic hydroxyl groups excluding tert-OH is 1. The summed E-state index contributed by atoms with van der Waals surface area (Å²) in [5, 5.41) is 22.3. The fourth-order valence-electron chi connectivity index (χ4n) is 0. The molecule has 0 spiro atoms.